The Morgan fingerprint density at radius 1 is 1.17 bits per heavy atom. The van der Waals surface area contributed by atoms with Crippen LogP contribution in [0.25, 0.3) is 11.1 Å². The van der Waals surface area contributed by atoms with Gasteiger partial charge in [-0.3, -0.25) is 4.98 Å². The fourth-order valence-corrected chi connectivity index (χ4v) is 3.77. The van der Waals surface area contributed by atoms with Gasteiger partial charge in [-0.25, -0.2) is 4.39 Å². The van der Waals surface area contributed by atoms with Crippen molar-refractivity contribution in [2.45, 2.75) is 23.7 Å². The zero-order valence-electron chi connectivity index (χ0n) is 12.3. The Morgan fingerprint density at radius 2 is 1.96 bits per heavy atom. The quantitative estimate of drug-likeness (QED) is 0.766. The minimum Gasteiger partial charge on any atom is -0.475 e. The second-order valence-electron chi connectivity index (χ2n) is 5.40. The lowest BCUT2D eigenvalue weighted by atomic mass is 10.1. The van der Waals surface area contributed by atoms with E-state index in [1.54, 1.807) is 18.3 Å². The summed E-state index contributed by atoms with van der Waals surface area (Å²) in [6.07, 6.45) is -0.455. The molecule has 24 heavy (non-hydrogen) atoms. The summed E-state index contributed by atoms with van der Waals surface area (Å²) >= 11 is 7.25. The van der Waals surface area contributed by atoms with Gasteiger partial charge in [0, 0.05) is 23.1 Å². The molecular formula is C16H15ClFNO4S. The molecule has 4 atom stereocenters. The predicted octanol–water partition coefficient (Wildman–Crippen LogP) is 2.08. The van der Waals surface area contributed by atoms with E-state index >= 15 is 0 Å². The molecule has 1 aromatic heterocycles. The maximum absolute atomic E-state index is 13.2. The largest absolute Gasteiger partial charge is 0.475 e. The monoisotopic (exact) mass is 371 g/mol. The molecular weight excluding hydrogens is 357 g/mol. The molecule has 2 heterocycles. The van der Waals surface area contributed by atoms with Crippen molar-refractivity contribution in [2.75, 3.05) is 5.75 Å². The first-order valence-electron chi connectivity index (χ1n) is 7.18. The van der Waals surface area contributed by atoms with Crippen molar-refractivity contribution in [3.05, 3.63) is 47.5 Å². The number of rotatable bonds is 3. The standard InChI is InChI=1S/C16H15ClFNO4S/c17-12-4-9(18)1-2-11(12)8-3-10(6-19-5-8)23-16-15(22)14(21)13(20)7-24-16/h1-6,13-16,20-22H,7H2/t13-,14+,15-,16+/m1/s1. The van der Waals surface area contributed by atoms with Crippen LogP contribution in [0.1, 0.15) is 0 Å². The summed E-state index contributed by atoms with van der Waals surface area (Å²) in [6.45, 7) is 0. The number of ether oxygens (including phenoxy) is 1. The first-order valence-corrected chi connectivity index (χ1v) is 8.61. The number of benzene rings is 1. The van der Waals surface area contributed by atoms with Gasteiger partial charge in [-0.1, -0.05) is 11.6 Å². The average Bonchev–Trinajstić information content (AvgIpc) is 2.56. The fourth-order valence-electron chi connectivity index (χ4n) is 2.37. The zero-order valence-corrected chi connectivity index (χ0v) is 13.9. The van der Waals surface area contributed by atoms with Crippen molar-refractivity contribution in [3.8, 4) is 16.9 Å². The van der Waals surface area contributed by atoms with Crippen LogP contribution in [0.15, 0.2) is 36.7 Å². The lowest BCUT2D eigenvalue weighted by Crippen LogP contribution is -2.50. The van der Waals surface area contributed by atoms with Crippen LogP contribution >= 0.6 is 23.4 Å². The molecule has 0 unspecified atom stereocenters. The minimum absolute atomic E-state index is 0.250. The first-order chi connectivity index (χ1) is 11.5. The highest BCUT2D eigenvalue weighted by Crippen LogP contribution is 2.33. The molecule has 1 saturated heterocycles. The Labute approximate surface area is 147 Å². The normalized spacial score (nSPS) is 27.0. The van der Waals surface area contributed by atoms with Crippen LogP contribution in [-0.4, -0.2) is 49.8 Å². The highest BCUT2D eigenvalue weighted by molar-refractivity contribution is 7.99. The minimum atomic E-state index is -1.26. The lowest BCUT2D eigenvalue weighted by Gasteiger charge is -2.34. The van der Waals surface area contributed by atoms with Gasteiger partial charge < -0.3 is 20.1 Å². The van der Waals surface area contributed by atoms with Crippen molar-refractivity contribution in [3.63, 3.8) is 0 Å². The number of nitrogens with zero attached hydrogens (tertiary/aromatic N) is 1. The van der Waals surface area contributed by atoms with Crippen molar-refractivity contribution in [1.29, 1.82) is 0 Å². The SMILES string of the molecule is O[C@@H]1[C@@H](O)[C@@H](Oc2cncc(-c3ccc(F)cc3Cl)c2)SC[C@H]1O. The van der Waals surface area contributed by atoms with Crippen LogP contribution in [0.4, 0.5) is 4.39 Å². The Hall–Kier alpha value is -1.38. The van der Waals surface area contributed by atoms with E-state index in [1.165, 1.54) is 30.1 Å². The van der Waals surface area contributed by atoms with E-state index < -0.39 is 29.6 Å². The molecule has 0 radical (unpaired) electrons. The maximum atomic E-state index is 13.2. The topological polar surface area (TPSA) is 82.8 Å². The summed E-state index contributed by atoms with van der Waals surface area (Å²) in [5.41, 5.74) is 0.501. The van der Waals surface area contributed by atoms with E-state index in [-0.39, 0.29) is 10.8 Å². The third-order valence-corrected chi connectivity index (χ3v) is 5.21. The van der Waals surface area contributed by atoms with Crippen LogP contribution in [0, 0.1) is 5.82 Å². The summed E-state index contributed by atoms with van der Waals surface area (Å²) in [4.78, 5) is 4.07. The zero-order chi connectivity index (χ0) is 17.3. The van der Waals surface area contributed by atoms with E-state index in [0.29, 0.717) is 16.9 Å². The van der Waals surface area contributed by atoms with Gasteiger partial charge in [0.1, 0.15) is 23.8 Å². The van der Waals surface area contributed by atoms with Gasteiger partial charge >= 0.3 is 0 Å². The summed E-state index contributed by atoms with van der Waals surface area (Å²) in [6, 6.07) is 5.72. The number of hydrogen-bond acceptors (Lipinski definition) is 6. The third kappa shape index (κ3) is 3.65. The number of hydrogen-bond donors (Lipinski definition) is 3. The van der Waals surface area contributed by atoms with E-state index in [4.69, 9.17) is 16.3 Å². The summed E-state index contributed by atoms with van der Waals surface area (Å²) < 4.78 is 18.8. The maximum Gasteiger partial charge on any atom is 0.173 e. The molecule has 8 heteroatoms. The van der Waals surface area contributed by atoms with Crippen LogP contribution in [-0.2, 0) is 0 Å². The number of thioether (sulfide) groups is 1. The highest BCUT2D eigenvalue weighted by atomic mass is 35.5. The molecule has 0 aliphatic carbocycles. The number of pyridine rings is 1. The van der Waals surface area contributed by atoms with Gasteiger partial charge in [0.15, 0.2) is 5.44 Å². The highest BCUT2D eigenvalue weighted by Gasteiger charge is 2.38. The van der Waals surface area contributed by atoms with Crippen molar-refractivity contribution in [2.24, 2.45) is 0 Å². The molecule has 0 amide bonds. The molecule has 1 fully saturated rings. The molecule has 1 aliphatic heterocycles. The summed E-state index contributed by atoms with van der Waals surface area (Å²) in [5, 5.41) is 29.5. The second kappa shape index (κ2) is 7.25. The Balaban J connectivity index is 1.81. The number of halogens is 2. The first kappa shape index (κ1) is 17.4. The predicted molar refractivity (Wildman–Crippen MR) is 89.5 cm³/mol. The van der Waals surface area contributed by atoms with Gasteiger partial charge in [0.05, 0.1) is 17.3 Å². The molecule has 3 N–H and O–H groups in total. The second-order valence-corrected chi connectivity index (χ2v) is 6.94. The number of aliphatic hydroxyl groups excluding tert-OH is 3. The van der Waals surface area contributed by atoms with E-state index in [1.807, 2.05) is 0 Å². The van der Waals surface area contributed by atoms with Crippen LogP contribution in [0.2, 0.25) is 5.02 Å². The van der Waals surface area contributed by atoms with Gasteiger partial charge in [-0.15, -0.1) is 11.8 Å². The molecule has 0 saturated carbocycles. The van der Waals surface area contributed by atoms with Crippen LogP contribution in [0.5, 0.6) is 5.75 Å². The van der Waals surface area contributed by atoms with Gasteiger partial charge in [-0.2, -0.15) is 0 Å². The van der Waals surface area contributed by atoms with Crippen molar-refractivity contribution < 1.29 is 24.4 Å². The van der Waals surface area contributed by atoms with Crippen molar-refractivity contribution in [1.82, 2.24) is 4.98 Å². The fraction of sp³-hybridized carbons (Fsp3) is 0.312. The molecule has 2 aromatic rings. The molecule has 5 nitrogen and oxygen atoms in total. The molecule has 0 spiro atoms. The molecule has 3 rings (SSSR count). The third-order valence-electron chi connectivity index (χ3n) is 3.66. The summed E-state index contributed by atoms with van der Waals surface area (Å²) in [7, 11) is 0. The van der Waals surface area contributed by atoms with Crippen LogP contribution < -0.4 is 4.74 Å². The van der Waals surface area contributed by atoms with Gasteiger partial charge in [0.25, 0.3) is 0 Å². The van der Waals surface area contributed by atoms with Gasteiger partial charge in [0.2, 0.25) is 0 Å². The summed E-state index contributed by atoms with van der Waals surface area (Å²) in [5.74, 6) is 0.186. The number of aromatic nitrogens is 1. The molecule has 128 valence electrons. The molecule has 1 aliphatic rings. The smallest absolute Gasteiger partial charge is 0.173 e. The Morgan fingerprint density at radius 3 is 2.71 bits per heavy atom. The van der Waals surface area contributed by atoms with E-state index in [2.05, 4.69) is 4.98 Å². The lowest BCUT2D eigenvalue weighted by molar-refractivity contribution is -0.0786. The van der Waals surface area contributed by atoms with Crippen LogP contribution in [0.3, 0.4) is 0 Å². The Kier molecular flexibility index (Phi) is 5.27. The number of aliphatic hydroxyl groups is 3. The average molecular weight is 372 g/mol. The molecule has 0 bridgehead atoms. The molecule has 1 aromatic carbocycles. The Bertz CT molecular complexity index is 735. The van der Waals surface area contributed by atoms with Crippen molar-refractivity contribution >= 4 is 23.4 Å². The van der Waals surface area contributed by atoms with Gasteiger partial charge in [-0.05, 0) is 24.3 Å². The van der Waals surface area contributed by atoms with E-state index in [9.17, 15) is 19.7 Å². The van der Waals surface area contributed by atoms with E-state index in [0.717, 1.165) is 0 Å².